The number of carbonyl (C=O) groups is 1. The highest BCUT2D eigenvalue weighted by Crippen LogP contribution is 2.19. The van der Waals surface area contributed by atoms with Gasteiger partial charge in [0.1, 0.15) is 5.75 Å². The van der Waals surface area contributed by atoms with Crippen LogP contribution in [0.15, 0.2) is 24.3 Å². The summed E-state index contributed by atoms with van der Waals surface area (Å²) in [5.41, 5.74) is 1.31. The monoisotopic (exact) mass is 277 g/mol. The summed E-state index contributed by atoms with van der Waals surface area (Å²) < 4.78 is 5.82. The average molecular weight is 277 g/mol. The Balaban J connectivity index is 1.79. The van der Waals surface area contributed by atoms with Crippen LogP contribution in [0.5, 0.6) is 5.75 Å². The lowest BCUT2D eigenvalue weighted by Gasteiger charge is -2.31. The van der Waals surface area contributed by atoms with Crippen molar-refractivity contribution >= 4 is 5.97 Å². The van der Waals surface area contributed by atoms with E-state index in [2.05, 4.69) is 19.1 Å². The van der Waals surface area contributed by atoms with Gasteiger partial charge in [-0.25, -0.2) is 0 Å². The van der Waals surface area contributed by atoms with Crippen LogP contribution in [-0.2, 0) is 11.2 Å². The van der Waals surface area contributed by atoms with E-state index in [1.807, 2.05) is 17.0 Å². The first-order valence-electron chi connectivity index (χ1n) is 7.33. The molecule has 1 atom stereocenters. The van der Waals surface area contributed by atoms with Gasteiger partial charge >= 0.3 is 5.97 Å². The van der Waals surface area contributed by atoms with Crippen molar-refractivity contribution in [2.24, 2.45) is 5.92 Å². The van der Waals surface area contributed by atoms with Crippen LogP contribution in [0.2, 0.25) is 0 Å². The fourth-order valence-electron chi connectivity index (χ4n) is 2.66. The maximum absolute atomic E-state index is 10.7. The second kappa shape index (κ2) is 7.29. The number of hydrogen-bond acceptors (Lipinski definition) is 3. The molecule has 0 aliphatic carbocycles. The van der Waals surface area contributed by atoms with Gasteiger partial charge in [0, 0.05) is 12.5 Å². The van der Waals surface area contributed by atoms with Crippen molar-refractivity contribution in [1.82, 2.24) is 4.90 Å². The summed E-state index contributed by atoms with van der Waals surface area (Å²) in [6.07, 6.45) is 3.20. The van der Waals surface area contributed by atoms with E-state index in [1.54, 1.807) is 0 Å². The summed E-state index contributed by atoms with van der Waals surface area (Å²) in [6.45, 7) is 4.64. The van der Waals surface area contributed by atoms with E-state index in [1.165, 1.54) is 5.56 Å². The number of carboxylic acids is 1. The molecule has 0 radical (unpaired) electrons. The van der Waals surface area contributed by atoms with Gasteiger partial charge in [-0.3, -0.25) is 9.69 Å². The van der Waals surface area contributed by atoms with E-state index < -0.39 is 5.97 Å². The second-order valence-corrected chi connectivity index (χ2v) is 5.45. The zero-order chi connectivity index (χ0) is 14.4. The van der Waals surface area contributed by atoms with Gasteiger partial charge < -0.3 is 9.84 Å². The number of benzene rings is 1. The lowest BCUT2D eigenvalue weighted by Crippen LogP contribution is -2.40. The van der Waals surface area contributed by atoms with Crippen LogP contribution in [0.25, 0.3) is 0 Å². The highest BCUT2D eigenvalue weighted by Gasteiger charge is 2.21. The minimum Gasteiger partial charge on any atom is -0.493 e. The minimum absolute atomic E-state index is 0.141. The first-order chi connectivity index (χ1) is 9.67. The fraction of sp³-hybridized carbons (Fsp3) is 0.562. The Bertz CT molecular complexity index is 430. The zero-order valence-corrected chi connectivity index (χ0v) is 12.0. The number of hydrogen-bond donors (Lipinski definition) is 1. The van der Waals surface area contributed by atoms with Crippen LogP contribution >= 0.6 is 0 Å². The van der Waals surface area contributed by atoms with Crippen molar-refractivity contribution in [3.63, 3.8) is 0 Å². The molecule has 0 spiro atoms. The standard InChI is InChI=1S/C16H23NO3/c1-2-13-5-7-15(8-6-13)20-12-14-4-3-9-17(10-14)11-16(18)19/h5-8,14H,2-4,9-12H2,1H3,(H,18,19)/t14-/m1/s1. The van der Waals surface area contributed by atoms with Crippen molar-refractivity contribution in [2.75, 3.05) is 26.2 Å². The maximum atomic E-state index is 10.7. The summed E-state index contributed by atoms with van der Waals surface area (Å²) in [6, 6.07) is 8.20. The molecule has 1 aromatic carbocycles. The molecule has 20 heavy (non-hydrogen) atoms. The summed E-state index contributed by atoms with van der Waals surface area (Å²) >= 11 is 0. The Hall–Kier alpha value is -1.55. The van der Waals surface area contributed by atoms with E-state index >= 15 is 0 Å². The van der Waals surface area contributed by atoms with Gasteiger partial charge in [-0.1, -0.05) is 19.1 Å². The predicted octanol–water partition coefficient (Wildman–Crippen LogP) is 2.42. The number of carboxylic acid groups (broad SMARTS) is 1. The Morgan fingerprint density at radius 3 is 2.80 bits per heavy atom. The Kier molecular flexibility index (Phi) is 5.41. The first-order valence-corrected chi connectivity index (χ1v) is 7.33. The first kappa shape index (κ1) is 14.9. The lowest BCUT2D eigenvalue weighted by molar-refractivity contribution is -0.138. The number of ether oxygens (including phenoxy) is 1. The van der Waals surface area contributed by atoms with Crippen LogP contribution < -0.4 is 4.74 Å². The van der Waals surface area contributed by atoms with Crippen molar-refractivity contribution in [3.8, 4) is 5.75 Å². The van der Waals surface area contributed by atoms with E-state index in [9.17, 15) is 4.79 Å². The smallest absolute Gasteiger partial charge is 0.317 e. The molecule has 2 rings (SSSR count). The molecule has 1 heterocycles. The summed E-state index contributed by atoms with van der Waals surface area (Å²) in [5.74, 6) is 0.577. The predicted molar refractivity (Wildman–Crippen MR) is 78.1 cm³/mol. The van der Waals surface area contributed by atoms with Gasteiger partial charge in [-0.15, -0.1) is 0 Å². The molecule has 1 aliphatic heterocycles. The number of rotatable bonds is 6. The third kappa shape index (κ3) is 4.53. The minimum atomic E-state index is -0.748. The topological polar surface area (TPSA) is 49.8 Å². The van der Waals surface area contributed by atoms with Crippen LogP contribution in [-0.4, -0.2) is 42.2 Å². The van der Waals surface area contributed by atoms with Gasteiger partial charge in [-0.2, -0.15) is 0 Å². The summed E-state index contributed by atoms with van der Waals surface area (Å²) in [5, 5.41) is 8.84. The van der Waals surface area contributed by atoms with E-state index in [0.717, 1.165) is 38.1 Å². The second-order valence-electron chi connectivity index (χ2n) is 5.45. The molecule has 1 saturated heterocycles. The van der Waals surface area contributed by atoms with Gasteiger partial charge in [0.05, 0.1) is 13.2 Å². The molecule has 4 heteroatoms. The van der Waals surface area contributed by atoms with E-state index in [0.29, 0.717) is 12.5 Å². The zero-order valence-electron chi connectivity index (χ0n) is 12.0. The molecule has 1 aromatic rings. The highest BCUT2D eigenvalue weighted by molar-refractivity contribution is 5.69. The van der Waals surface area contributed by atoms with Crippen LogP contribution in [0.4, 0.5) is 0 Å². The number of piperidine rings is 1. The molecule has 110 valence electrons. The lowest BCUT2D eigenvalue weighted by atomic mass is 9.99. The van der Waals surface area contributed by atoms with Crippen molar-refractivity contribution in [2.45, 2.75) is 26.2 Å². The van der Waals surface area contributed by atoms with Crippen LogP contribution in [0.3, 0.4) is 0 Å². The summed E-state index contributed by atoms with van der Waals surface area (Å²) in [4.78, 5) is 12.7. The molecule has 1 fully saturated rings. The molecular formula is C16H23NO3. The molecule has 1 N–H and O–H groups in total. The van der Waals surface area contributed by atoms with Gasteiger partial charge in [-0.05, 0) is 43.5 Å². The molecule has 0 bridgehead atoms. The number of nitrogens with zero attached hydrogens (tertiary/aromatic N) is 1. The van der Waals surface area contributed by atoms with Crippen LogP contribution in [0.1, 0.15) is 25.3 Å². The quantitative estimate of drug-likeness (QED) is 0.867. The third-order valence-electron chi connectivity index (χ3n) is 3.78. The van der Waals surface area contributed by atoms with E-state index in [4.69, 9.17) is 9.84 Å². The molecule has 0 unspecified atom stereocenters. The third-order valence-corrected chi connectivity index (χ3v) is 3.78. The molecule has 1 aliphatic rings. The molecule has 4 nitrogen and oxygen atoms in total. The number of likely N-dealkylation sites (tertiary alicyclic amines) is 1. The summed E-state index contributed by atoms with van der Waals surface area (Å²) in [7, 11) is 0. The van der Waals surface area contributed by atoms with Crippen molar-refractivity contribution in [1.29, 1.82) is 0 Å². The Morgan fingerprint density at radius 2 is 2.15 bits per heavy atom. The average Bonchev–Trinajstić information content (AvgIpc) is 2.45. The largest absolute Gasteiger partial charge is 0.493 e. The molecule has 0 aromatic heterocycles. The van der Waals surface area contributed by atoms with Gasteiger partial charge in [0.15, 0.2) is 0 Å². The van der Waals surface area contributed by atoms with Gasteiger partial charge in [0.25, 0.3) is 0 Å². The van der Waals surface area contributed by atoms with Crippen molar-refractivity contribution in [3.05, 3.63) is 29.8 Å². The number of aliphatic carboxylic acids is 1. The van der Waals surface area contributed by atoms with Gasteiger partial charge in [0.2, 0.25) is 0 Å². The fourth-order valence-corrected chi connectivity index (χ4v) is 2.66. The van der Waals surface area contributed by atoms with Crippen LogP contribution in [0, 0.1) is 5.92 Å². The molecular weight excluding hydrogens is 254 g/mol. The number of aryl methyl sites for hydroxylation is 1. The SMILES string of the molecule is CCc1ccc(OC[C@@H]2CCCN(CC(=O)O)C2)cc1. The van der Waals surface area contributed by atoms with E-state index in [-0.39, 0.29) is 6.54 Å². The molecule has 0 saturated carbocycles. The maximum Gasteiger partial charge on any atom is 0.317 e. The van der Waals surface area contributed by atoms with Crippen molar-refractivity contribution < 1.29 is 14.6 Å². The highest BCUT2D eigenvalue weighted by atomic mass is 16.5. The Labute approximate surface area is 120 Å². The Morgan fingerprint density at radius 1 is 1.40 bits per heavy atom. The molecule has 0 amide bonds. The normalized spacial score (nSPS) is 19.8.